The summed E-state index contributed by atoms with van der Waals surface area (Å²) in [7, 11) is 4.62. The van der Waals surface area contributed by atoms with Gasteiger partial charge in [0.05, 0.1) is 31.4 Å². The van der Waals surface area contributed by atoms with E-state index in [1.807, 2.05) is 0 Å². The van der Waals surface area contributed by atoms with Crippen LogP contribution in [0.5, 0.6) is 23.0 Å². The van der Waals surface area contributed by atoms with Gasteiger partial charge in [0.2, 0.25) is 0 Å². The number of nitrogens with one attached hydrogen (secondary N) is 1. The van der Waals surface area contributed by atoms with Crippen molar-refractivity contribution in [1.82, 2.24) is 5.32 Å². The lowest BCUT2D eigenvalue weighted by molar-refractivity contribution is -0.123. The summed E-state index contributed by atoms with van der Waals surface area (Å²) < 4.78 is 21.2. The van der Waals surface area contributed by atoms with Crippen molar-refractivity contribution in [2.75, 3.05) is 27.9 Å². The van der Waals surface area contributed by atoms with Crippen molar-refractivity contribution in [3.63, 3.8) is 0 Å². The zero-order valence-corrected chi connectivity index (χ0v) is 16.1. The second kappa shape index (κ2) is 9.40. The van der Waals surface area contributed by atoms with Crippen molar-refractivity contribution in [2.24, 2.45) is 0 Å². The van der Waals surface area contributed by atoms with Gasteiger partial charge in [0, 0.05) is 24.2 Å². The quantitative estimate of drug-likeness (QED) is 0.732. The van der Waals surface area contributed by atoms with Gasteiger partial charge < -0.3 is 24.3 Å². The fourth-order valence-corrected chi connectivity index (χ4v) is 2.48. The molecule has 0 aliphatic heterocycles. The number of carbonyl (C=O) groups excluding carboxylic acids is 1. The zero-order valence-electron chi connectivity index (χ0n) is 14.6. The Labute approximate surface area is 161 Å². The van der Waals surface area contributed by atoms with E-state index < -0.39 is 0 Å². The molecule has 2 rings (SSSR count). The summed E-state index contributed by atoms with van der Waals surface area (Å²) in [6, 6.07) is 8.24. The molecule has 26 heavy (non-hydrogen) atoms. The Kier molecular flexibility index (Phi) is 7.24. The second-order valence-corrected chi connectivity index (χ2v) is 5.97. The fourth-order valence-electron chi connectivity index (χ4n) is 2.19. The van der Waals surface area contributed by atoms with Crippen LogP contribution >= 0.6 is 23.2 Å². The Morgan fingerprint density at radius 2 is 1.58 bits per heavy atom. The molecule has 1 N–H and O–H groups in total. The van der Waals surface area contributed by atoms with Crippen molar-refractivity contribution < 1.29 is 23.7 Å². The van der Waals surface area contributed by atoms with E-state index in [9.17, 15) is 4.79 Å². The average molecular weight is 400 g/mol. The minimum absolute atomic E-state index is 0.159. The number of amides is 1. The normalized spacial score (nSPS) is 10.2. The van der Waals surface area contributed by atoms with Gasteiger partial charge in [-0.1, -0.05) is 23.2 Å². The van der Waals surface area contributed by atoms with Crippen molar-refractivity contribution in [3.05, 3.63) is 45.9 Å². The van der Waals surface area contributed by atoms with Crippen LogP contribution in [0.3, 0.4) is 0 Å². The van der Waals surface area contributed by atoms with Crippen LogP contribution in [0.15, 0.2) is 30.3 Å². The maximum Gasteiger partial charge on any atom is 0.258 e. The molecule has 0 saturated carbocycles. The van der Waals surface area contributed by atoms with E-state index in [0.29, 0.717) is 33.0 Å². The third-order valence-electron chi connectivity index (χ3n) is 3.52. The molecule has 0 spiro atoms. The number of hydrogen-bond donors (Lipinski definition) is 1. The van der Waals surface area contributed by atoms with E-state index in [-0.39, 0.29) is 19.1 Å². The van der Waals surface area contributed by atoms with Gasteiger partial charge in [0.25, 0.3) is 5.91 Å². The molecule has 0 fully saturated rings. The molecule has 0 aromatic heterocycles. The summed E-state index contributed by atoms with van der Waals surface area (Å²) >= 11 is 11.7. The number of halogens is 2. The number of carbonyl (C=O) groups is 1. The van der Waals surface area contributed by atoms with Gasteiger partial charge in [0.15, 0.2) is 18.1 Å². The van der Waals surface area contributed by atoms with Crippen molar-refractivity contribution in [3.8, 4) is 23.0 Å². The third kappa shape index (κ3) is 5.09. The molecule has 2 aromatic carbocycles. The largest absolute Gasteiger partial charge is 0.496 e. The minimum atomic E-state index is -0.298. The van der Waals surface area contributed by atoms with Gasteiger partial charge in [-0.05, 0) is 18.2 Å². The summed E-state index contributed by atoms with van der Waals surface area (Å²) in [6.45, 7) is 0.0840. The molecule has 140 valence electrons. The maximum atomic E-state index is 12.0. The summed E-state index contributed by atoms with van der Waals surface area (Å²) in [5, 5.41) is 3.54. The molecule has 6 nitrogen and oxygen atoms in total. The Morgan fingerprint density at radius 1 is 0.923 bits per heavy atom. The van der Waals surface area contributed by atoms with Crippen LogP contribution in [-0.4, -0.2) is 33.8 Å². The van der Waals surface area contributed by atoms with E-state index >= 15 is 0 Å². The van der Waals surface area contributed by atoms with Crippen molar-refractivity contribution in [1.29, 1.82) is 0 Å². The summed E-state index contributed by atoms with van der Waals surface area (Å²) in [5.41, 5.74) is 0.744. The van der Waals surface area contributed by atoms with Gasteiger partial charge in [0.1, 0.15) is 11.5 Å². The molecule has 0 unspecified atom stereocenters. The topological polar surface area (TPSA) is 66.0 Å². The first-order valence-corrected chi connectivity index (χ1v) is 8.37. The molecule has 0 bridgehead atoms. The van der Waals surface area contributed by atoms with E-state index in [1.165, 1.54) is 7.11 Å². The van der Waals surface area contributed by atoms with Crippen LogP contribution in [0.4, 0.5) is 0 Å². The minimum Gasteiger partial charge on any atom is -0.496 e. The third-order valence-corrected chi connectivity index (χ3v) is 4.26. The lowest BCUT2D eigenvalue weighted by Gasteiger charge is -2.14. The standard InChI is InChI=1S/C18H19Cl2NO5/c1-23-15-8-17(25-3)16(24-2)6-11(15)9-21-18(22)10-26-12-4-5-13(19)14(20)7-12/h4-8H,9-10H2,1-3H3,(H,21,22). The van der Waals surface area contributed by atoms with Crippen LogP contribution in [0, 0.1) is 0 Å². The van der Waals surface area contributed by atoms with E-state index in [4.69, 9.17) is 42.1 Å². The Morgan fingerprint density at radius 3 is 2.19 bits per heavy atom. The molecule has 8 heteroatoms. The molecular weight excluding hydrogens is 381 g/mol. The van der Waals surface area contributed by atoms with Crippen LogP contribution in [0.2, 0.25) is 10.0 Å². The van der Waals surface area contributed by atoms with E-state index in [2.05, 4.69) is 5.32 Å². The van der Waals surface area contributed by atoms with Gasteiger partial charge in [-0.3, -0.25) is 4.79 Å². The Bertz CT molecular complexity index is 782. The number of benzene rings is 2. The predicted octanol–water partition coefficient (Wildman–Crippen LogP) is 3.71. The Hall–Kier alpha value is -2.31. The smallest absolute Gasteiger partial charge is 0.258 e. The average Bonchev–Trinajstić information content (AvgIpc) is 2.66. The molecule has 0 atom stereocenters. The van der Waals surface area contributed by atoms with Crippen LogP contribution in [0.25, 0.3) is 0 Å². The van der Waals surface area contributed by atoms with E-state index in [0.717, 1.165) is 5.56 Å². The highest BCUT2D eigenvalue weighted by Gasteiger charge is 2.13. The first kappa shape index (κ1) is 20.0. The van der Waals surface area contributed by atoms with Crippen LogP contribution in [-0.2, 0) is 11.3 Å². The predicted molar refractivity (Wildman–Crippen MR) is 99.9 cm³/mol. The Balaban J connectivity index is 1.97. The molecule has 0 heterocycles. The summed E-state index contributed by atoms with van der Waals surface area (Å²) in [5.74, 6) is 1.83. The summed E-state index contributed by atoms with van der Waals surface area (Å²) in [4.78, 5) is 12.0. The van der Waals surface area contributed by atoms with Gasteiger partial charge in [-0.15, -0.1) is 0 Å². The number of methoxy groups -OCH3 is 3. The monoisotopic (exact) mass is 399 g/mol. The van der Waals surface area contributed by atoms with Crippen LogP contribution in [0.1, 0.15) is 5.56 Å². The molecule has 0 aliphatic rings. The highest BCUT2D eigenvalue weighted by molar-refractivity contribution is 6.42. The molecule has 2 aromatic rings. The maximum absolute atomic E-state index is 12.0. The SMILES string of the molecule is COc1cc(OC)c(OC)cc1CNC(=O)COc1ccc(Cl)c(Cl)c1. The molecular formula is C18H19Cl2NO5. The number of ether oxygens (including phenoxy) is 4. The highest BCUT2D eigenvalue weighted by Crippen LogP contribution is 2.34. The first-order chi connectivity index (χ1) is 12.5. The fraction of sp³-hybridized carbons (Fsp3) is 0.278. The summed E-state index contributed by atoms with van der Waals surface area (Å²) in [6.07, 6.45) is 0. The number of hydrogen-bond acceptors (Lipinski definition) is 5. The van der Waals surface area contributed by atoms with Crippen LogP contribution < -0.4 is 24.3 Å². The van der Waals surface area contributed by atoms with Gasteiger partial charge in [-0.25, -0.2) is 0 Å². The lowest BCUT2D eigenvalue weighted by atomic mass is 10.1. The molecule has 0 radical (unpaired) electrons. The zero-order chi connectivity index (χ0) is 19.1. The number of rotatable bonds is 8. The van der Waals surface area contributed by atoms with Crippen molar-refractivity contribution in [2.45, 2.75) is 6.54 Å². The highest BCUT2D eigenvalue weighted by atomic mass is 35.5. The first-order valence-electron chi connectivity index (χ1n) is 7.62. The van der Waals surface area contributed by atoms with Gasteiger partial charge >= 0.3 is 0 Å². The molecule has 1 amide bonds. The van der Waals surface area contributed by atoms with Crippen molar-refractivity contribution >= 4 is 29.1 Å². The van der Waals surface area contributed by atoms with Gasteiger partial charge in [-0.2, -0.15) is 0 Å². The molecule has 0 saturated heterocycles. The second-order valence-electron chi connectivity index (χ2n) is 5.16. The lowest BCUT2D eigenvalue weighted by Crippen LogP contribution is -2.28. The molecule has 0 aliphatic carbocycles. The van der Waals surface area contributed by atoms with E-state index in [1.54, 1.807) is 44.6 Å².